The first-order chi connectivity index (χ1) is 8.04. The third-order valence-electron chi connectivity index (χ3n) is 1.94. The number of rotatable bonds is 2. The summed E-state index contributed by atoms with van der Waals surface area (Å²) < 4.78 is 12.9. The topological polar surface area (TPSA) is 76.7 Å². The minimum Gasteiger partial charge on any atom is -0.368 e. The van der Waals surface area contributed by atoms with Gasteiger partial charge in [-0.15, -0.1) is 0 Å². The van der Waals surface area contributed by atoms with Crippen LogP contribution in [0.2, 0.25) is 5.02 Å². The van der Waals surface area contributed by atoms with Gasteiger partial charge in [-0.25, -0.2) is 4.39 Å². The number of hydrogen-bond acceptors (Lipinski definition) is 5. The molecular formula is C10H9ClFN5. The summed E-state index contributed by atoms with van der Waals surface area (Å²) >= 11 is 5.65. The summed E-state index contributed by atoms with van der Waals surface area (Å²) in [5.74, 6) is 0.419. The third kappa shape index (κ3) is 2.79. The largest absolute Gasteiger partial charge is 0.368 e. The second-order valence-corrected chi connectivity index (χ2v) is 3.73. The van der Waals surface area contributed by atoms with E-state index in [1.165, 1.54) is 18.2 Å². The molecule has 17 heavy (non-hydrogen) atoms. The van der Waals surface area contributed by atoms with Crippen molar-refractivity contribution in [2.24, 2.45) is 0 Å². The van der Waals surface area contributed by atoms with Crippen molar-refractivity contribution in [2.75, 3.05) is 11.1 Å². The van der Waals surface area contributed by atoms with Crippen LogP contribution in [0, 0.1) is 12.7 Å². The molecule has 2 aromatic rings. The lowest BCUT2D eigenvalue weighted by Crippen LogP contribution is -2.04. The van der Waals surface area contributed by atoms with Gasteiger partial charge >= 0.3 is 0 Å². The van der Waals surface area contributed by atoms with Gasteiger partial charge in [0.1, 0.15) is 11.6 Å². The van der Waals surface area contributed by atoms with E-state index in [0.29, 0.717) is 11.5 Å². The zero-order valence-corrected chi connectivity index (χ0v) is 9.66. The van der Waals surface area contributed by atoms with Crippen LogP contribution in [0.4, 0.5) is 22.0 Å². The van der Waals surface area contributed by atoms with Gasteiger partial charge in [0.25, 0.3) is 0 Å². The van der Waals surface area contributed by atoms with E-state index in [1.54, 1.807) is 6.92 Å². The molecule has 1 aromatic carbocycles. The SMILES string of the molecule is Cc1nc(N)nc(Nc2ccc(F)c(Cl)c2)n1. The fraction of sp³-hybridized carbons (Fsp3) is 0.100. The van der Waals surface area contributed by atoms with Gasteiger partial charge in [0.15, 0.2) is 0 Å². The lowest BCUT2D eigenvalue weighted by Gasteiger charge is -2.06. The van der Waals surface area contributed by atoms with E-state index in [0.717, 1.165) is 0 Å². The Hall–Kier alpha value is -1.95. The zero-order chi connectivity index (χ0) is 12.4. The van der Waals surface area contributed by atoms with Crippen molar-refractivity contribution in [2.45, 2.75) is 6.92 Å². The Balaban J connectivity index is 2.28. The van der Waals surface area contributed by atoms with Crippen molar-refractivity contribution in [3.05, 3.63) is 34.9 Å². The van der Waals surface area contributed by atoms with Gasteiger partial charge in [-0.1, -0.05) is 11.6 Å². The van der Waals surface area contributed by atoms with Crippen LogP contribution < -0.4 is 11.1 Å². The van der Waals surface area contributed by atoms with E-state index in [4.69, 9.17) is 17.3 Å². The number of nitrogens with two attached hydrogens (primary N) is 1. The quantitative estimate of drug-likeness (QED) is 0.859. The summed E-state index contributed by atoms with van der Waals surface area (Å²) in [6.45, 7) is 1.70. The number of benzene rings is 1. The average Bonchev–Trinajstić information content (AvgIpc) is 2.22. The Bertz CT molecular complexity index is 540. The standard InChI is InChI=1S/C10H9ClFN5/c1-5-14-9(13)17-10(15-5)16-6-2-3-8(12)7(11)4-6/h2-4H,1H3,(H3,13,14,15,16,17). The van der Waals surface area contributed by atoms with Gasteiger partial charge in [0.05, 0.1) is 5.02 Å². The maximum absolute atomic E-state index is 12.9. The van der Waals surface area contributed by atoms with Gasteiger partial charge in [-0.05, 0) is 25.1 Å². The molecule has 0 saturated heterocycles. The van der Waals surface area contributed by atoms with Crippen LogP contribution in [0.25, 0.3) is 0 Å². The zero-order valence-electron chi connectivity index (χ0n) is 8.91. The van der Waals surface area contributed by atoms with Crippen molar-refractivity contribution in [1.29, 1.82) is 0 Å². The third-order valence-corrected chi connectivity index (χ3v) is 2.23. The predicted molar refractivity (Wildman–Crippen MR) is 63.7 cm³/mol. The second kappa shape index (κ2) is 4.50. The number of nitrogens with zero attached hydrogens (tertiary/aromatic N) is 3. The summed E-state index contributed by atoms with van der Waals surface area (Å²) in [6, 6.07) is 4.21. The number of anilines is 3. The molecule has 0 spiro atoms. The van der Waals surface area contributed by atoms with E-state index in [-0.39, 0.29) is 16.9 Å². The van der Waals surface area contributed by atoms with Gasteiger partial charge in [-0.3, -0.25) is 0 Å². The molecule has 0 amide bonds. The summed E-state index contributed by atoms with van der Waals surface area (Å²) in [4.78, 5) is 11.8. The molecule has 0 radical (unpaired) electrons. The predicted octanol–water partition coefficient (Wildman–Crippen LogP) is 2.30. The van der Waals surface area contributed by atoms with Crippen molar-refractivity contribution in [3.8, 4) is 0 Å². The maximum Gasteiger partial charge on any atom is 0.232 e. The Morgan fingerprint density at radius 3 is 2.71 bits per heavy atom. The minimum atomic E-state index is -0.483. The molecule has 0 aliphatic carbocycles. The van der Waals surface area contributed by atoms with E-state index in [1.807, 2.05) is 0 Å². The lowest BCUT2D eigenvalue weighted by molar-refractivity contribution is 0.628. The van der Waals surface area contributed by atoms with E-state index in [9.17, 15) is 4.39 Å². The Labute approximate surface area is 102 Å². The molecule has 0 aliphatic rings. The Morgan fingerprint density at radius 2 is 2.06 bits per heavy atom. The molecule has 5 nitrogen and oxygen atoms in total. The van der Waals surface area contributed by atoms with Crippen LogP contribution in [0.15, 0.2) is 18.2 Å². The second-order valence-electron chi connectivity index (χ2n) is 3.32. The Morgan fingerprint density at radius 1 is 1.29 bits per heavy atom. The molecule has 0 unspecified atom stereocenters. The number of aromatic nitrogens is 3. The normalized spacial score (nSPS) is 10.3. The minimum absolute atomic E-state index is 0.0220. The van der Waals surface area contributed by atoms with Crippen LogP contribution in [-0.2, 0) is 0 Å². The highest BCUT2D eigenvalue weighted by molar-refractivity contribution is 6.31. The van der Waals surface area contributed by atoms with Crippen molar-refractivity contribution in [1.82, 2.24) is 15.0 Å². The number of aryl methyl sites for hydroxylation is 1. The first kappa shape index (κ1) is 11.5. The van der Waals surface area contributed by atoms with Crippen LogP contribution in [0.1, 0.15) is 5.82 Å². The first-order valence-electron chi connectivity index (χ1n) is 4.75. The summed E-state index contributed by atoms with van der Waals surface area (Å²) in [7, 11) is 0. The maximum atomic E-state index is 12.9. The molecule has 3 N–H and O–H groups in total. The van der Waals surface area contributed by atoms with Crippen LogP contribution in [0.3, 0.4) is 0 Å². The monoisotopic (exact) mass is 253 g/mol. The van der Waals surface area contributed by atoms with Gasteiger partial charge in [-0.2, -0.15) is 15.0 Å². The summed E-state index contributed by atoms with van der Waals surface area (Å²) in [5, 5.41) is 2.88. The first-order valence-corrected chi connectivity index (χ1v) is 5.12. The molecule has 0 aliphatic heterocycles. The summed E-state index contributed by atoms with van der Waals surface area (Å²) in [6.07, 6.45) is 0. The van der Waals surface area contributed by atoms with Gasteiger partial charge in [0, 0.05) is 5.69 Å². The van der Waals surface area contributed by atoms with E-state index >= 15 is 0 Å². The molecule has 1 aromatic heterocycles. The van der Waals surface area contributed by atoms with E-state index in [2.05, 4.69) is 20.3 Å². The number of hydrogen-bond donors (Lipinski definition) is 2. The molecular weight excluding hydrogens is 245 g/mol. The van der Waals surface area contributed by atoms with Crippen LogP contribution in [0.5, 0.6) is 0 Å². The molecule has 0 fully saturated rings. The highest BCUT2D eigenvalue weighted by Crippen LogP contribution is 2.21. The van der Waals surface area contributed by atoms with Gasteiger partial charge in [0.2, 0.25) is 11.9 Å². The summed E-state index contributed by atoms with van der Waals surface area (Å²) in [5.41, 5.74) is 6.05. The van der Waals surface area contributed by atoms with Crippen molar-refractivity contribution < 1.29 is 4.39 Å². The molecule has 1 heterocycles. The molecule has 2 rings (SSSR count). The smallest absolute Gasteiger partial charge is 0.232 e. The Kier molecular flexibility index (Phi) is 3.06. The highest BCUT2D eigenvalue weighted by Gasteiger charge is 2.04. The number of halogens is 2. The highest BCUT2D eigenvalue weighted by atomic mass is 35.5. The van der Waals surface area contributed by atoms with Crippen LogP contribution >= 0.6 is 11.6 Å². The average molecular weight is 254 g/mol. The number of nitrogen functional groups attached to an aromatic ring is 1. The van der Waals surface area contributed by atoms with Crippen molar-refractivity contribution >= 4 is 29.2 Å². The molecule has 0 saturated carbocycles. The number of nitrogens with one attached hydrogen (secondary N) is 1. The van der Waals surface area contributed by atoms with Gasteiger partial charge < -0.3 is 11.1 Å². The molecule has 0 atom stereocenters. The molecule has 7 heteroatoms. The molecule has 88 valence electrons. The van der Waals surface area contributed by atoms with E-state index < -0.39 is 5.82 Å². The lowest BCUT2D eigenvalue weighted by atomic mass is 10.3. The van der Waals surface area contributed by atoms with Crippen LogP contribution in [-0.4, -0.2) is 15.0 Å². The fourth-order valence-corrected chi connectivity index (χ4v) is 1.44. The fourth-order valence-electron chi connectivity index (χ4n) is 1.26. The van der Waals surface area contributed by atoms with Crippen molar-refractivity contribution in [3.63, 3.8) is 0 Å². The molecule has 0 bridgehead atoms.